The van der Waals surface area contributed by atoms with Gasteiger partial charge < -0.3 is 4.90 Å². The van der Waals surface area contributed by atoms with E-state index >= 15 is 0 Å². The third-order valence-corrected chi connectivity index (χ3v) is 5.25. The molecule has 2 aromatic rings. The first-order chi connectivity index (χ1) is 10.0. The number of nitrogens with one attached hydrogen (secondary N) is 1. The second-order valence-corrected chi connectivity index (χ2v) is 7.21. The molecule has 0 saturated heterocycles. The highest BCUT2D eigenvalue weighted by Crippen LogP contribution is 2.20. The second kappa shape index (κ2) is 7.26. The first-order valence-electron chi connectivity index (χ1n) is 6.94. The lowest BCUT2D eigenvalue weighted by Crippen LogP contribution is -2.33. The maximum atomic E-state index is 12.3. The summed E-state index contributed by atoms with van der Waals surface area (Å²) in [6.07, 6.45) is 2.25. The molecule has 0 radical (unpaired) electrons. The molecule has 1 heterocycles. The number of nitrogens with zero attached hydrogens (tertiary/aromatic N) is 3. The summed E-state index contributed by atoms with van der Waals surface area (Å²) in [7, 11) is -1.55. The standard InChI is InChI=1S/C13H20N4O2S2/c1-3-4-9-17(2)10-8-14-21(18,19)12-7-5-6-11-13(12)16-20-15-11/h5-7,14H,3-4,8-10H2,1-2H3. The lowest BCUT2D eigenvalue weighted by molar-refractivity contribution is 0.333. The summed E-state index contributed by atoms with van der Waals surface area (Å²) in [5.41, 5.74) is 1.05. The van der Waals surface area contributed by atoms with Gasteiger partial charge in [-0.3, -0.25) is 0 Å². The Morgan fingerprint density at radius 1 is 1.29 bits per heavy atom. The Bertz CT molecular complexity index is 684. The Hall–Kier alpha value is -1.09. The molecule has 0 amide bonds. The zero-order chi connectivity index (χ0) is 15.3. The van der Waals surface area contributed by atoms with Crippen LogP contribution >= 0.6 is 11.7 Å². The summed E-state index contributed by atoms with van der Waals surface area (Å²) < 4.78 is 35.5. The van der Waals surface area contributed by atoms with Crippen LogP contribution in [-0.2, 0) is 10.0 Å². The van der Waals surface area contributed by atoms with Crippen LogP contribution in [0.15, 0.2) is 23.1 Å². The highest BCUT2D eigenvalue weighted by Gasteiger charge is 2.19. The van der Waals surface area contributed by atoms with Crippen LogP contribution in [-0.4, -0.2) is 48.7 Å². The number of benzene rings is 1. The summed E-state index contributed by atoms with van der Waals surface area (Å²) in [5.74, 6) is 0. The number of unbranched alkanes of at least 4 members (excludes halogenated alkanes) is 1. The fourth-order valence-electron chi connectivity index (χ4n) is 1.99. The SMILES string of the molecule is CCCCN(C)CCNS(=O)(=O)c1cccc2nsnc12. The molecule has 116 valence electrons. The maximum absolute atomic E-state index is 12.3. The molecular formula is C13H20N4O2S2. The van der Waals surface area contributed by atoms with Crippen molar-refractivity contribution in [2.24, 2.45) is 0 Å². The van der Waals surface area contributed by atoms with Crippen molar-refractivity contribution in [1.29, 1.82) is 0 Å². The molecule has 0 atom stereocenters. The number of hydrogen-bond donors (Lipinski definition) is 1. The summed E-state index contributed by atoms with van der Waals surface area (Å²) in [5, 5.41) is 0. The molecule has 1 N–H and O–H groups in total. The first kappa shape index (κ1) is 16.3. The van der Waals surface area contributed by atoms with E-state index in [0.717, 1.165) is 31.1 Å². The van der Waals surface area contributed by atoms with Gasteiger partial charge in [-0.15, -0.1) is 0 Å². The summed E-state index contributed by atoms with van der Waals surface area (Å²) in [4.78, 5) is 2.32. The van der Waals surface area contributed by atoms with Gasteiger partial charge in [0, 0.05) is 13.1 Å². The predicted molar refractivity (Wildman–Crippen MR) is 85.0 cm³/mol. The molecule has 6 nitrogen and oxygen atoms in total. The molecular weight excluding hydrogens is 308 g/mol. The van der Waals surface area contributed by atoms with Crippen molar-refractivity contribution in [2.75, 3.05) is 26.7 Å². The molecule has 0 aliphatic heterocycles. The fourth-order valence-corrected chi connectivity index (χ4v) is 3.77. The smallest absolute Gasteiger partial charge is 0.242 e. The van der Waals surface area contributed by atoms with E-state index in [1.54, 1.807) is 18.2 Å². The largest absolute Gasteiger partial charge is 0.305 e. The minimum absolute atomic E-state index is 0.199. The van der Waals surface area contributed by atoms with Crippen molar-refractivity contribution in [2.45, 2.75) is 24.7 Å². The van der Waals surface area contributed by atoms with Gasteiger partial charge in [-0.05, 0) is 32.1 Å². The fraction of sp³-hybridized carbons (Fsp3) is 0.538. The zero-order valence-electron chi connectivity index (χ0n) is 12.2. The number of likely N-dealkylation sites (N-methyl/N-ethyl adjacent to an activating group) is 1. The van der Waals surface area contributed by atoms with Crippen LogP contribution in [0, 0.1) is 0 Å². The van der Waals surface area contributed by atoms with E-state index in [1.807, 2.05) is 7.05 Å². The summed E-state index contributed by atoms with van der Waals surface area (Å²) in [6.45, 7) is 4.18. The highest BCUT2D eigenvalue weighted by molar-refractivity contribution is 7.89. The first-order valence-corrected chi connectivity index (χ1v) is 9.15. The summed E-state index contributed by atoms with van der Waals surface area (Å²) in [6, 6.07) is 5.01. The quantitative estimate of drug-likeness (QED) is 0.798. The Kier molecular flexibility index (Phi) is 5.63. The van der Waals surface area contributed by atoms with Gasteiger partial charge in [0.05, 0.1) is 11.7 Å². The minimum Gasteiger partial charge on any atom is -0.305 e. The van der Waals surface area contributed by atoms with Crippen LogP contribution in [0.5, 0.6) is 0 Å². The zero-order valence-corrected chi connectivity index (χ0v) is 13.9. The van der Waals surface area contributed by atoms with E-state index in [2.05, 4.69) is 25.3 Å². The van der Waals surface area contributed by atoms with E-state index in [1.165, 1.54) is 0 Å². The average molecular weight is 328 g/mol. The van der Waals surface area contributed by atoms with E-state index in [4.69, 9.17) is 0 Å². The number of hydrogen-bond acceptors (Lipinski definition) is 6. The average Bonchev–Trinajstić information content (AvgIpc) is 2.92. The molecule has 0 aliphatic carbocycles. The van der Waals surface area contributed by atoms with Crippen molar-refractivity contribution in [3.05, 3.63) is 18.2 Å². The van der Waals surface area contributed by atoms with Crippen molar-refractivity contribution in [3.8, 4) is 0 Å². The molecule has 8 heteroatoms. The molecule has 0 spiro atoms. The number of aromatic nitrogens is 2. The third-order valence-electron chi connectivity index (χ3n) is 3.22. The van der Waals surface area contributed by atoms with E-state index in [9.17, 15) is 8.42 Å². The van der Waals surface area contributed by atoms with E-state index in [-0.39, 0.29) is 4.90 Å². The second-order valence-electron chi connectivity index (χ2n) is 4.94. The van der Waals surface area contributed by atoms with E-state index < -0.39 is 10.0 Å². The van der Waals surface area contributed by atoms with Crippen LogP contribution in [0.3, 0.4) is 0 Å². The van der Waals surface area contributed by atoms with Crippen molar-refractivity contribution in [3.63, 3.8) is 0 Å². The maximum Gasteiger partial charge on any atom is 0.242 e. The number of rotatable bonds is 8. The normalized spacial score (nSPS) is 12.3. The van der Waals surface area contributed by atoms with Crippen LogP contribution in [0.25, 0.3) is 11.0 Å². The predicted octanol–water partition coefficient (Wildman–Crippen LogP) is 1.70. The Morgan fingerprint density at radius 3 is 2.86 bits per heavy atom. The molecule has 0 bridgehead atoms. The van der Waals surface area contributed by atoms with Gasteiger partial charge >= 0.3 is 0 Å². The van der Waals surface area contributed by atoms with Crippen molar-refractivity contribution >= 4 is 32.8 Å². The molecule has 21 heavy (non-hydrogen) atoms. The molecule has 0 fully saturated rings. The van der Waals surface area contributed by atoms with E-state index in [0.29, 0.717) is 24.1 Å². The molecule has 2 rings (SSSR count). The third kappa shape index (κ3) is 4.19. The molecule has 1 aromatic heterocycles. The topological polar surface area (TPSA) is 75.2 Å². The number of fused-ring (bicyclic) bond motifs is 1. The van der Waals surface area contributed by atoms with Gasteiger partial charge in [-0.1, -0.05) is 19.4 Å². The lowest BCUT2D eigenvalue weighted by Gasteiger charge is -2.16. The van der Waals surface area contributed by atoms with Crippen LogP contribution < -0.4 is 4.72 Å². The van der Waals surface area contributed by atoms with Gasteiger partial charge in [0.2, 0.25) is 10.0 Å². The van der Waals surface area contributed by atoms with Gasteiger partial charge in [-0.2, -0.15) is 8.75 Å². The lowest BCUT2D eigenvalue weighted by atomic mass is 10.3. The van der Waals surface area contributed by atoms with Crippen LogP contribution in [0.1, 0.15) is 19.8 Å². The van der Waals surface area contributed by atoms with Crippen molar-refractivity contribution < 1.29 is 8.42 Å². The van der Waals surface area contributed by atoms with Gasteiger partial charge in [0.15, 0.2) is 0 Å². The Labute approximate surface area is 129 Å². The molecule has 1 aromatic carbocycles. The molecule has 0 aliphatic rings. The molecule has 0 saturated carbocycles. The van der Waals surface area contributed by atoms with Crippen molar-refractivity contribution in [1.82, 2.24) is 18.4 Å². The Morgan fingerprint density at radius 2 is 2.10 bits per heavy atom. The molecule has 0 unspecified atom stereocenters. The minimum atomic E-state index is -3.55. The monoisotopic (exact) mass is 328 g/mol. The van der Waals surface area contributed by atoms with Gasteiger partial charge in [-0.25, -0.2) is 13.1 Å². The Balaban J connectivity index is 2.01. The van der Waals surface area contributed by atoms with Gasteiger partial charge in [0.25, 0.3) is 0 Å². The highest BCUT2D eigenvalue weighted by atomic mass is 32.2. The van der Waals surface area contributed by atoms with Gasteiger partial charge in [0.1, 0.15) is 15.9 Å². The summed E-state index contributed by atoms with van der Waals surface area (Å²) >= 11 is 1.02. The number of sulfonamides is 1. The van der Waals surface area contributed by atoms with Crippen LogP contribution in [0.2, 0.25) is 0 Å². The van der Waals surface area contributed by atoms with Crippen LogP contribution in [0.4, 0.5) is 0 Å².